The van der Waals surface area contributed by atoms with Crippen LogP contribution < -0.4 is 4.74 Å². The number of pyridine rings is 1. The molecule has 1 aromatic heterocycles. The van der Waals surface area contributed by atoms with Gasteiger partial charge in [0.1, 0.15) is 23.8 Å². The summed E-state index contributed by atoms with van der Waals surface area (Å²) in [6, 6.07) is 7.10. The lowest BCUT2D eigenvalue weighted by Crippen LogP contribution is -2.10. The Kier molecular flexibility index (Phi) is 5.28. The number of halogens is 3. The fourth-order valence-corrected chi connectivity index (χ4v) is 1.99. The number of alkyl halides is 3. The summed E-state index contributed by atoms with van der Waals surface area (Å²) in [5.74, 6) is 0.385. The van der Waals surface area contributed by atoms with Crippen LogP contribution in [0.2, 0.25) is 0 Å². The van der Waals surface area contributed by atoms with Gasteiger partial charge in [-0.3, -0.25) is 0 Å². The highest BCUT2D eigenvalue weighted by molar-refractivity contribution is 5.76. The molecule has 0 bridgehead atoms. The van der Waals surface area contributed by atoms with Gasteiger partial charge in [-0.05, 0) is 36.8 Å². The number of oxime groups is 1. The van der Waals surface area contributed by atoms with Gasteiger partial charge >= 0.3 is 6.18 Å². The molecule has 0 aliphatic heterocycles. The summed E-state index contributed by atoms with van der Waals surface area (Å²) in [7, 11) is 1.44. The van der Waals surface area contributed by atoms with Gasteiger partial charge in [0.05, 0.1) is 24.6 Å². The van der Waals surface area contributed by atoms with Crippen LogP contribution in [-0.2, 0) is 17.6 Å². The lowest BCUT2D eigenvalue weighted by Gasteiger charge is -2.09. The summed E-state index contributed by atoms with van der Waals surface area (Å²) >= 11 is 0. The van der Waals surface area contributed by atoms with Gasteiger partial charge in [0, 0.05) is 0 Å². The molecule has 0 aliphatic carbocycles. The molecule has 0 spiro atoms. The number of aromatic hydroxyl groups is 1. The molecule has 0 saturated carbocycles. The summed E-state index contributed by atoms with van der Waals surface area (Å²) in [4.78, 5) is 8.49. The number of phenolic OH excluding ortho intramolecular Hbond substituents is 1. The summed E-state index contributed by atoms with van der Waals surface area (Å²) in [5, 5.41) is 13.3. The zero-order chi connectivity index (χ0) is 17.7. The first-order valence-electron chi connectivity index (χ1n) is 6.87. The molecule has 1 aromatic carbocycles. The zero-order valence-corrected chi connectivity index (χ0v) is 13.0. The lowest BCUT2D eigenvalue weighted by molar-refractivity contribution is -0.141. The van der Waals surface area contributed by atoms with Crippen LogP contribution in [0.3, 0.4) is 0 Å². The van der Waals surface area contributed by atoms with Crippen LogP contribution in [0.5, 0.6) is 11.5 Å². The Hall–Kier alpha value is -2.77. The fraction of sp³-hybridized carbons (Fsp3) is 0.250. The zero-order valence-electron chi connectivity index (χ0n) is 13.0. The van der Waals surface area contributed by atoms with Crippen LogP contribution in [0.25, 0.3) is 0 Å². The monoisotopic (exact) mass is 340 g/mol. The smallest absolute Gasteiger partial charge is 0.433 e. The third kappa shape index (κ3) is 4.37. The van der Waals surface area contributed by atoms with Crippen LogP contribution >= 0.6 is 0 Å². The van der Waals surface area contributed by atoms with Crippen LogP contribution in [0.1, 0.15) is 22.5 Å². The first kappa shape index (κ1) is 17.6. The molecule has 128 valence electrons. The Morgan fingerprint density at radius 3 is 2.71 bits per heavy atom. The van der Waals surface area contributed by atoms with Gasteiger partial charge < -0.3 is 14.7 Å². The van der Waals surface area contributed by atoms with Crippen molar-refractivity contribution in [1.82, 2.24) is 4.98 Å². The minimum Gasteiger partial charge on any atom is -0.507 e. The molecule has 0 aliphatic rings. The van der Waals surface area contributed by atoms with Crippen LogP contribution in [0.15, 0.2) is 35.5 Å². The molecule has 1 N–H and O–H groups in total. The van der Waals surface area contributed by atoms with Crippen LogP contribution in [-0.4, -0.2) is 23.4 Å². The molecule has 2 aromatic rings. The average Bonchev–Trinajstić information content (AvgIpc) is 2.51. The number of methoxy groups -OCH3 is 1. The SMILES string of the molecule is COc1cccc(O)c1CO/N=C/c1cc(C)cc(C(F)(F)F)n1. The highest BCUT2D eigenvalue weighted by atomic mass is 19.4. The van der Waals surface area contributed by atoms with Crippen molar-refractivity contribution >= 4 is 6.21 Å². The van der Waals surface area contributed by atoms with Crippen molar-refractivity contribution in [3.8, 4) is 11.5 Å². The average molecular weight is 340 g/mol. The number of nitrogens with zero attached hydrogens (tertiary/aromatic N) is 2. The van der Waals surface area contributed by atoms with Crippen molar-refractivity contribution in [3.63, 3.8) is 0 Å². The molecule has 2 rings (SSSR count). The van der Waals surface area contributed by atoms with Crippen LogP contribution in [0.4, 0.5) is 13.2 Å². The number of benzene rings is 1. The van der Waals surface area contributed by atoms with Gasteiger partial charge in [-0.1, -0.05) is 11.2 Å². The maximum atomic E-state index is 12.7. The summed E-state index contributed by atoms with van der Waals surface area (Å²) in [5.41, 5.74) is -0.190. The van der Waals surface area contributed by atoms with E-state index in [-0.39, 0.29) is 18.1 Å². The summed E-state index contributed by atoms with van der Waals surface area (Å²) in [6.45, 7) is 1.42. The Balaban J connectivity index is 2.09. The van der Waals surface area contributed by atoms with E-state index >= 15 is 0 Å². The molecule has 0 unspecified atom stereocenters. The number of phenols is 1. The molecule has 0 saturated heterocycles. The Bertz CT molecular complexity index is 746. The molecule has 0 atom stereocenters. The van der Waals surface area contributed by atoms with Crippen molar-refractivity contribution in [2.45, 2.75) is 19.7 Å². The second kappa shape index (κ2) is 7.20. The Labute approximate surface area is 136 Å². The molecule has 1 heterocycles. The van der Waals surface area contributed by atoms with Crippen molar-refractivity contribution in [2.24, 2.45) is 5.16 Å². The van der Waals surface area contributed by atoms with E-state index < -0.39 is 11.9 Å². The van der Waals surface area contributed by atoms with Gasteiger partial charge in [-0.15, -0.1) is 0 Å². The minimum atomic E-state index is -4.53. The fourth-order valence-electron chi connectivity index (χ4n) is 1.99. The predicted molar refractivity (Wildman–Crippen MR) is 81.0 cm³/mol. The van der Waals surface area contributed by atoms with E-state index in [1.165, 1.54) is 26.2 Å². The topological polar surface area (TPSA) is 63.9 Å². The van der Waals surface area contributed by atoms with Crippen molar-refractivity contribution in [3.05, 3.63) is 52.8 Å². The van der Waals surface area contributed by atoms with E-state index in [2.05, 4.69) is 10.1 Å². The van der Waals surface area contributed by atoms with Crippen molar-refractivity contribution in [1.29, 1.82) is 0 Å². The molecule has 0 amide bonds. The van der Waals surface area contributed by atoms with Gasteiger partial charge in [0.2, 0.25) is 0 Å². The second-order valence-corrected chi connectivity index (χ2v) is 4.92. The molecule has 24 heavy (non-hydrogen) atoms. The Morgan fingerprint density at radius 2 is 2.04 bits per heavy atom. The maximum absolute atomic E-state index is 12.7. The number of rotatable bonds is 5. The molecular weight excluding hydrogens is 325 g/mol. The largest absolute Gasteiger partial charge is 0.507 e. The van der Waals surface area contributed by atoms with E-state index in [9.17, 15) is 18.3 Å². The highest BCUT2D eigenvalue weighted by Crippen LogP contribution is 2.29. The number of hydrogen-bond acceptors (Lipinski definition) is 5. The summed E-state index contributed by atoms with van der Waals surface area (Å²) < 4.78 is 43.2. The van der Waals surface area contributed by atoms with Gasteiger partial charge in [0.15, 0.2) is 0 Å². The van der Waals surface area contributed by atoms with E-state index in [1.54, 1.807) is 12.1 Å². The highest BCUT2D eigenvalue weighted by Gasteiger charge is 2.32. The number of aromatic nitrogens is 1. The second-order valence-electron chi connectivity index (χ2n) is 4.92. The molecule has 8 heteroatoms. The van der Waals surface area contributed by atoms with E-state index in [4.69, 9.17) is 9.57 Å². The third-order valence-corrected chi connectivity index (χ3v) is 3.08. The lowest BCUT2D eigenvalue weighted by atomic mass is 10.2. The van der Waals surface area contributed by atoms with Crippen LogP contribution in [0, 0.1) is 6.92 Å². The minimum absolute atomic E-state index is 0.0200. The molecule has 0 fully saturated rings. The van der Waals surface area contributed by atoms with Crippen molar-refractivity contribution in [2.75, 3.05) is 7.11 Å². The van der Waals surface area contributed by atoms with Gasteiger partial charge in [-0.25, -0.2) is 4.98 Å². The van der Waals surface area contributed by atoms with E-state index in [1.807, 2.05) is 0 Å². The molecule has 5 nitrogen and oxygen atoms in total. The summed E-state index contributed by atoms with van der Waals surface area (Å²) in [6.07, 6.45) is -3.45. The molecule has 0 radical (unpaired) electrons. The van der Waals surface area contributed by atoms with E-state index in [0.717, 1.165) is 12.3 Å². The predicted octanol–water partition coefficient (Wildman–Crippen LogP) is 3.67. The number of ether oxygens (including phenoxy) is 1. The quantitative estimate of drug-likeness (QED) is 0.666. The maximum Gasteiger partial charge on any atom is 0.433 e. The molecular formula is C16H15F3N2O3. The van der Waals surface area contributed by atoms with Crippen molar-refractivity contribution < 1.29 is 27.9 Å². The normalized spacial score (nSPS) is 11.7. The Morgan fingerprint density at radius 1 is 1.29 bits per heavy atom. The standard InChI is InChI=1S/C16H15F3N2O3/c1-10-6-11(21-15(7-10)16(17,18)19)8-20-24-9-12-13(22)4-3-5-14(12)23-2/h3-8,22H,9H2,1-2H3/b20-8+. The first-order chi connectivity index (χ1) is 11.3. The third-order valence-electron chi connectivity index (χ3n) is 3.08. The number of aryl methyl sites for hydroxylation is 1. The number of hydrogen-bond donors (Lipinski definition) is 1. The van der Waals surface area contributed by atoms with Gasteiger partial charge in [-0.2, -0.15) is 13.2 Å². The van der Waals surface area contributed by atoms with E-state index in [0.29, 0.717) is 16.9 Å². The van der Waals surface area contributed by atoms with Gasteiger partial charge in [0.25, 0.3) is 0 Å². The first-order valence-corrected chi connectivity index (χ1v) is 6.87.